The molecule has 0 spiro atoms. The third-order valence-electron chi connectivity index (χ3n) is 3.95. The summed E-state index contributed by atoms with van der Waals surface area (Å²) in [6, 6.07) is 10.5. The summed E-state index contributed by atoms with van der Waals surface area (Å²) < 4.78 is 1.68. The highest BCUT2D eigenvalue weighted by Gasteiger charge is 2.17. The Kier molecular flexibility index (Phi) is 3.50. The molecule has 0 aliphatic carbocycles. The van der Waals surface area contributed by atoms with Crippen LogP contribution in [0.15, 0.2) is 53.7 Å². The summed E-state index contributed by atoms with van der Waals surface area (Å²) in [6.45, 7) is 0.175. The molecule has 0 fully saturated rings. The molecule has 0 radical (unpaired) electrons. The number of nitrogens with one attached hydrogen (secondary N) is 1. The van der Waals surface area contributed by atoms with Crippen LogP contribution in [0, 0.1) is 0 Å². The Morgan fingerprint density at radius 3 is 2.96 bits per heavy atom. The predicted molar refractivity (Wildman–Crippen MR) is 91.1 cm³/mol. The summed E-state index contributed by atoms with van der Waals surface area (Å²) in [4.78, 5) is 33.5. The molecule has 0 unspecified atom stereocenters. The van der Waals surface area contributed by atoms with E-state index in [1.54, 1.807) is 48.0 Å². The molecule has 0 saturated heterocycles. The molecular weight excluding hydrogens is 320 g/mol. The van der Waals surface area contributed by atoms with Crippen molar-refractivity contribution in [3.63, 3.8) is 0 Å². The highest BCUT2D eigenvalue weighted by molar-refractivity contribution is 5.99. The molecular formula is C17H14N6O2. The smallest absolute Gasteiger partial charge is 0.258 e. The number of aromatic amines is 1. The van der Waals surface area contributed by atoms with Crippen molar-refractivity contribution < 1.29 is 4.79 Å². The molecule has 4 aromatic rings. The monoisotopic (exact) mass is 334 g/mol. The van der Waals surface area contributed by atoms with Gasteiger partial charge in [0.2, 0.25) is 0 Å². The van der Waals surface area contributed by atoms with Crippen LogP contribution in [0.4, 0.5) is 0 Å². The third kappa shape index (κ3) is 2.63. The Balaban J connectivity index is 1.66. The molecule has 0 atom stereocenters. The van der Waals surface area contributed by atoms with Gasteiger partial charge in [-0.2, -0.15) is 0 Å². The summed E-state index contributed by atoms with van der Waals surface area (Å²) in [5, 5.41) is 8.31. The van der Waals surface area contributed by atoms with Crippen molar-refractivity contribution in [2.75, 3.05) is 7.05 Å². The molecule has 3 heterocycles. The van der Waals surface area contributed by atoms with Crippen LogP contribution in [0.1, 0.15) is 16.2 Å². The van der Waals surface area contributed by atoms with E-state index in [2.05, 4.69) is 20.2 Å². The molecule has 3 aromatic heterocycles. The van der Waals surface area contributed by atoms with Crippen LogP contribution in [0.3, 0.4) is 0 Å². The van der Waals surface area contributed by atoms with Gasteiger partial charge >= 0.3 is 0 Å². The van der Waals surface area contributed by atoms with Gasteiger partial charge in [0.15, 0.2) is 5.65 Å². The number of aromatic nitrogens is 5. The number of H-pyrrole nitrogens is 1. The van der Waals surface area contributed by atoms with Crippen molar-refractivity contribution in [1.82, 2.24) is 29.5 Å². The van der Waals surface area contributed by atoms with Crippen LogP contribution < -0.4 is 5.56 Å². The Hall–Kier alpha value is -3.55. The second-order valence-corrected chi connectivity index (χ2v) is 5.67. The summed E-state index contributed by atoms with van der Waals surface area (Å²) in [7, 11) is 1.65. The second-order valence-electron chi connectivity index (χ2n) is 5.67. The topological polar surface area (TPSA) is 96.2 Å². The first-order valence-electron chi connectivity index (χ1n) is 7.65. The molecule has 0 saturated carbocycles. The number of pyridine rings is 1. The van der Waals surface area contributed by atoms with Gasteiger partial charge < -0.3 is 9.88 Å². The molecule has 0 aliphatic rings. The first-order valence-corrected chi connectivity index (χ1v) is 7.65. The molecule has 1 N–H and O–H groups in total. The minimum absolute atomic E-state index is 0.175. The normalized spacial score (nSPS) is 11.1. The molecule has 124 valence electrons. The van der Waals surface area contributed by atoms with E-state index in [1.165, 1.54) is 11.2 Å². The zero-order chi connectivity index (χ0) is 17.4. The lowest BCUT2D eigenvalue weighted by molar-refractivity contribution is 0.0783. The number of para-hydroxylation sites is 1. The fourth-order valence-corrected chi connectivity index (χ4v) is 2.73. The van der Waals surface area contributed by atoms with Crippen LogP contribution in [0.5, 0.6) is 0 Å². The Morgan fingerprint density at radius 1 is 1.24 bits per heavy atom. The SMILES string of the molecule is CN(Cc1nc2ccccc2c(=O)[nH]1)C(=O)c1cccn2cnnc12. The first-order chi connectivity index (χ1) is 12.1. The number of carbonyl (C=O) groups excluding carboxylic acids is 1. The van der Waals surface area contributed by atoms with Crippen LogP contribution in [-0.4, -0.2) is 42.4 Å². The van der Waals surface area contributed by atoms with Crippen molar-refractivity contribution in [1.29, 1.82) is 0 Å². The number of fused-ring (bicyclic) bond motifs is 2. The van der Waals surface area contributed by atoms with E-state index < -0.39 is 0 Å². The van der Waals surface area contributed by atoms with Gasteiger partial charge in [-0.15, -0.1) is 10.2 Å². The fourth-order valence-electron chi connectivity index (χ4n) is 2.73. The van der Waals surface area contributed by atoms with E-state index in [0.717, 1.165) is 0 Å². The number of amides is 1. The van der Waals surface area contributed by atoms with E-state index in [9.17, 15) is 9.59 Å². The van der Waals surface area contributed by atoms with Gasteiger partial charge in [0.1, 0.15) is 12.2 Å². The molecule has 0 bridgehead atoms. The molecule has 25 heavy (non-hydrogen) atoms. The van der Waals surface area contributed by atoms with E-state index in [4.69, 9.17) is 0 Å². The van der Waals surface area contributed by atoms with Crippen molar-refractivity contribution >= 4 is 22.5 Å². The minimum atomic E-state index is -0.227. The van der Waals surface area contributed by atoms with Gasteiger partial charge in [0, 0.05) is 13.2 Å². The van der Waals surface area contributed by atoms with Gasteiger partial charge in [-0.1, -0.05) is 12.1 Å². The quantitative estimate of drug-likeness (QED) is 0.608. The highest BCUT2D eigenvalue weighted by atomic mass is 16.2. The van der Waals surface area contributed by atoms with Crippen molar-refractivity contribution in [2.45, 2.75) is 6.54 Å². The summed E-state index contributed by atoms with van der Waals surface area (Å²) in [5.41, 5.74) is 1.30. The third-order valence-corrected chi connectivity index (χ3v) is 3.95. The van der Waals surface area contributed by atoms with Gasteiger partial charge in [0.05, 0.1) is 23.0 Å². The average Bonchev–Trinajstić information content (AvgIpc) is 3.10. The Morgan fingerprint density at radius 2 is 2.08 bits per heavy atom. The van der Waals surface area contributed by atoms with Gasteiger partial charge in [-0.05, 0) is 24.3 Å². The van der Waals surface area contributed by atoms with Crippen molar-refractivity contribution in [2.24, 2.45) is 0 Å². The standard InChI is InChI=1S/C17H14N6O2/c1-22(17(25)12-6-4-8-23-10-18-21-15(12)23)9-14-19-13-7-3-2-5-11(13)16(24)20-14/h2-8,10H,9H2,1H3,(H,19,20,24). The first kappa shape index (κ1) is 15.0. The number of hydrogen-bond donors (Lipinski definition) is 1. The summed E-state index contributed by atoms with van der Waals surface area (Å²) in [5.74, 6) is 0.197. The van der Waals surface area contributed by atoms with Crippen LogP contribution in [-0.2, 0) is 6.54 Å². The molecule has 4 rings (SSSR count). The van der Waals surface area contributed by atoms with Crippen molar-refractivity contribution in [3.8, 4) is 0 Å². The summed E-state index contributed by atoms with van der Waals surface area (Å²) in [6.07, 6.45) is 3.31. The second kappa shape index (κ2) is 5.82. The zero-order valence-electron chi connectivity index (χ0n) is 13.4. The fraction of sp³-hybridized carbons (Fsp3) is 0.118. The Labute approximate surface area is 141 Å². The Bertz CT molecular complexity index is 1150. The van der Waals surface area contributed by atoms with E-state index in [-0.39, 0.29) is 18.0 Å². The zero-order valence-corrected chi connectivity index (χ0v) is 13.4. The number of hydrogen-bond acceptors (Lipinski definition) is 5. The van der Waals surface area contributed by atoms with Crippen molar-refractivity contribution in [3.05, 3.63) is 70.7 Å². The van der Waals surface area contributed by atoms with Crippen LogP contribution in [0.25, 0.3) is 16.6 Å². The number of nitrogens with zero attached hydrogens (tertiary/aromatic N) is 5. The molecule has 8 nitrogen and oxygen atoms in total. The molecule has 0 aliphatic heterocycles. The number of carbonyl (C=O) groups is 1. The largest absolute Gasteiger partial charge is 0.334 e. The van der Waals surface area contributed by atoms with Crippen LogP contribution in [0.2, 0.25) is 0 Å². The maximum atomic E-state index is 12.7. The molecule has 1 aromatic carbocycles. The van der Waals surface area contributed by atoms with E-state index >= 15 is 0 Å². The minimum Gasteiger partial charge on any atom is -0.334 e. The van der Waals surface area contributed by atoms with E-state index in [0.29, 0.717) is 27.9 Å². The van der Waals surface area contributed by atoms with E-state index in [1.807, 2.05) is 6.07 Å². The van der Waals surface area contributed by atoms with Crippen LogP contribution >= 0.6 is 0 Å². The maximum Gasteiger partial charge on any atom is 0.258 e. The van der Waals surface area contributed by atoms with Gasteiger partial charge in [-0.3, -0.25) is 14.0 Å². The highest BCUT2D eigenvalue weighted by Crippen LogP contribution is 2.12. The number of rotatable bonds is 3. The lowest BCUT2D eigenvalue weighted by Gasteiger charge is -2.17. The lowest BCUT2D eigenvalue weighted by Crippen LogP contribution is -2.28. The maximum absolute atomic E-state index is 12.7. The molecule has 1 amide bonds. The average molecular weight is 334 g/mol. The summed E-state index contributed by atoms with van der Waals surface area (Å²) >= 11 is 0. The molecule has 8 heteroatoms. The lowest BCUT2D eigenvalue weighted by atomic mass is 10.2. The predicted octanol–water partition coefficient (Wildman–Crippen LogP) is 1.24. The number of benzene rings is 1. The van der Waals surface area contributed by atoms with Gasteiger partial charge in [-0.25, -0.2) is 4.98 Å². The van der Waals surface area contributed by atoms with Gasteiger partial charge in [0.25, 0.3) is 11.5 Å².